The van der Waals surface area contributed by atoms with Crippen LogP contribution >= 0.6 is 23.6 Å². The molecule has 1 saturated carbocycles. The molecule has 1 aliphatic carbocycles. The van der Waals surface area contributed by atoms with Crippen LogP contribution in [0, 0.1) is 4.77 Å². The average Bonchev–Trinajstić information content (AvgIpc) is 2.88. The maximum Gasteiger partial charge on any atom is 0.195 e. The van der Waals surface area contributed by atoms with Crippen molar-refractivity contribution in [3.8, 4) is 0 Å². The van der Waals surface area contributed by atoms with E-state index >= 15 is 0 Å². The highest BCUT2D eigenvalue weighted by Gasteiger charge is 2.30. The van der Waals surface area contributed by atoms with Gasteiger partial charge in [0.25, 0.3) is 0 Å². The molecule has 0 bridgehead atoms. The fourth-order valence-electron chi connectivity index (χ4n) is 2.18. The molecule has 17 heavy (non-hydrogen) atoms. The fraction of sp³-hybridized carbons (Fsp3) is 0.500. The summed E-state index contributed by atoms with van der Waals surface area (Å²) in [7, 11) is 0. The molecule has 0 aromatic carbocycles. The third kappa shape index (κ3) is 2.21. The normalized spacial score (nSPS) is 17.2. The van der Waals surface area contributed by atoms with Crippen LogP contribution < -0.4 is 0 Å². The molecule has 0 spiro atoms. The van der Waals surface area contributed by atoms with Gasteiger partial charge in [0.2, 0.25) is 0 Å². The van der Waals surface area contributed by atoms with Gasteiger partial charge in [0.05, 0.1) is 0 Å². The van der Waals surface area contributed by atoms with Crippen molar-refractivity contribution >= 4 is 23.6 Å². The predicted molar refractivity (Wildman–Crippen MR) is 72.1 cm³/mol. The molecule has 2 aromatic rings. The molecule has 1 fully saturated rings. The van der Waals surface area contributed by atoms with Crippen molar-refractivity contribution < 1.29 is 0 Å². The van der Waals surface area contributed by atoms with Crippen molar-refractivity contribution in [3.05, 3.63) is 33.0 Å². The molecule has 2 aromatic heterocycles. The van der Waals surface area contributed by atoms with E-state index in [1.807, 2.05) is 0 Å². The molecule has 90 valence electrons. The molecule has 0 saturated heterocycles. The molecule has 1 N–H and O–H groups in total. The minimum Gasteiger partial charge on any atom is -0.301 e. The van der Waals surface area contributed by atoms with E-state index in [1.54, 1.807) is 11.3 Å². The Morgan fingerprint density at radius 2 is 2.47 bits per heavy atom. The molecular formula is C12H15N3S2. The molecule has 1 atom stereocenters. The van der Waals surface area contributed by atoms with Gasteiger partial charge in [-0.1, -0.05) is 6.07 Å². The largest absolute Gasteiger partial charge is 0.301 e. The molecule has 1 aliphatic rings. The van der Waals surface area contributed by atoms with Crippen LogP contribution in [0.2, 0.25) is 0 Å². The van der Waals surface area contributed by atoms with Crippen molar-refractivity contribution in [2.75, 3.05) is 0 Å². The van der Waals surface area contributed by atoms with Gasteiger partial charge in [0.15, 0.2) is 4.77 Å². The van der Waals surface area contributed by atoms with Gasteiger partial charge in [-0.3, -0.25) is 5.10 Å². The smallest absolute Gasteiger partial charge is 0.195 e. The quantitative estimate of drug-likeness (QED) is 0.855. The summed E-state index contributed by atoms with van der Waals surface area (Å²) in [6.45, 7) is 2.22. The lowest BCUT2D eigenvalue weighted by Gasteiger charge is -2.14. The first-order chi connectivity index (χ1) is 8.25. The number of rotatable bonds is 4. The third-order valence-corrected chi connectivity index (χ3v) is 4.38. The Balaban J connectivity index is 1.87. The summed E-state index contributed by atoms with van der Waals surface area (Å²) in [5, 5.41) is 9.44. The first-order valence-electron chi connectivity index (χ1n) is 5.95. The van der Waals surface area contributed by atoms with Crippen molar-refractivity contribution in [2.24, 2.45) is 0 Å². The fourth-order valence-corrected chi connectivity index (χ4v) is 3.33. The van der Waals surface area contributed by atoms with Crippen LogP contribution in [0.1, 0.15) is 42.4 Å². The number of thiophene rings is 1. The lowest BCUT2D eigenvalue weighted by molar-refractivity contribution is 0.518. The Morgan fingerprint density at radius 3 is 3.12 bits per heavy atom. The number of hydrogen-bond acceptors (Lipinski definition) is 3. The van der Waals surface area contributed by atoms with Gasteiger partial charge in [0, 0.05) is 23.3 Å². The summed E-state index contributed by atoms with van der Waals surface area (Å²) in [6, 6.07) is 4.67. The summed E-state index contributed by atoms with van der Waals surface area (Å²) < 4.78 is 2.96. The van der Waals surface area contributed by atoms with E-state index in [9.17, 15) is 0 Å². The molecule has 1 unspecified atom stereocenters. The Labute approximate surface area is 109 Å². The third-order valence-electron chi connectivity index (χ3n) is 3.19. The zero-order valence-corrected chi connectivity index (χ0v) is 11.4. The molecular weight excluding hydrogens is 250 g/mol. The van der Waals surface area contributed by atoms with Gasteiger partial charge in [-0.25, -0.2) is 0 Å². The molecule has 3 nitrogen and oxygen atoms in total. The second-order valence-corrected chi connectivity index (χ2v) is 6.08. The summed E-state index contributed by atoms with van der Waals surface area (Å²) in [5.41, 5.74) is 0. The highest BCUT2D eigenvalue weighted by Crippen LogP contribution is 2.40. The zero-order valence-electron chi connectivity index (χ0n) is 9.72. The molecule has 0 radical (unpaired) electrons. The van der Waals surface area contributed by atoms with E-state index in [1.165, 1.54) is 17.7 Å². The Kier molecular flexibility index (Phi) is 2.88. The van der Waals surface area contributed by atoms with E-state index in [-0.39, 0.29) is 0 Å². The van der Waals surface area contributed by atoms with E-state index < -0.39 is 0 Å². The Bertz CT molecular complexity index is 549. The molecule has 0 amide bonds. The minimum absolute atomic E-state index is 0.385. The van der Waals surface area contributed by atoms with Crippen LogP contribution in [0.3, 0.4) is 0 Å². The lowest BCUT2D eigenvalue weighted by atomic mass is 10.2. The number of nitrogens with one attached hydrogen (secondary N) is 1. The average molecular weight is 265 g/mol. The number of aromatic amines is 1. The zero-order chi connectivity index (χ0) is 11.8. The molecule has 0 aliphatic heterocycles. The van der Waals surface area contributed by atoms with Gasteiger partial charge in [0.1, 0.15) is 5.82 Å². The van der Waals surface area contributed by atoms with E-state index in [0.29, 0.717) is 12.0 Å². The highest BCUT2D eigenvalue weighted by molar-refractivity contribution is 7.71. The molecule has 3 rings (SSSR count). The van der Waals surface area contributed by atoms with Gasteiger partial charge < -0.3 is 4.57 Å². The monoisotopic (exact) mass is 265 g/mol. The van der Waals surface area contributed by atoms with Crippen LogP contribution in [0.4, 0.5) is 0 Å². The summed E-state index contributed by atoms with van der Waals surface area (Å²) >= 11 is 7.15. The second kappa shape index (κ2) is 4.38. The van der Waals surface area contributed by atoms with Crippen molar-refractivity contribution in [1.82, 2.24) is 14.8 Å². The minimum atomic E-state index is 0.385. The SMILES string of the molecule is CC(Cc1cccs1)n1c(C2CC2)n[nH]c1=S. The predicted octanol–water partition coefficient (Wildman–Crippen LogP) is 3.68. The van der Waals surface area contributed by atoms with Crippen LogP contribution in [-0.2, 0) is 6.42 Å². The van der Waals surface area contributed by atoms with Crippen molar-refractivity contribution in [3.63, 3.8) is 0 Å². The maximum atomic E-state index is 5.34. The lowest BCUT2D eigenvalue weighted by Crippen LogP contribution is -2.11. The van der Waals surface area contributed by atoms with Crippen LogP contribution in [0.25, 0.3) is 0 Å². The maximum absolute atomic E-state index is 5.34. The van der Waals surface area contributed by atoms with E-state index in [0.717, 1.165) is 17.0 Å². The van der Waals surface area contributed by atoms with Gasteiger partial charge in [-0.2, -0.15) is 5.10 Å². The summed E-state index contributed by atoms with van der Waals surface area (Å²) in [6.07, 6.45) is 3.54. The van der Waals surface area contributed by atoms with Crippen LogP contribution in [-0.4, -0.2) is 14.8 Å². The van der Waals surface area contributed by atoms with Gasteiger partial charge in [-0.05, 0) is 43.4 Å². The summed E-state index contributed by atoms with van der Waals surface area (Å²) in [4.78, 5) is 1.40. The van der Waals surface area contributed by atoms with Crippen LogP contribution in [0.15, 0.2) is 17.5 Å². The topological polar surface area (TPSA) is 33.6 Å². The Morgan fingerprint density at radius 1 is 1.65 bits per heavy atom. The number of H-pyrrole nitrogens is 1. The molecule has 2 heterocycles. The molecule has 5 heteroatoms. The van der Waals surface area contributed by atoms with Crippen LogP contribution in [0.5, 0.6) is 0 Å². The first kappa shape index (κ1) is 11.2. The van der Waals surface area contributed by atoms with Crippen molar-refractivity contribution in [2.45, 2.75) is 38.1 Å². The van der Waals surface area contributed by atoms with Crippen molar-refractivity contribution in [1.29, 1.82) is 0 Å². The second-order valence-electron chi connectivity index (χ2n) is 4.66. The number of hydrogen-bond donors (Lipinski definition) is 1. The highest BCUT2D eigenvalue weighted by atomic mass is 32.1. The number of aromatic nitrogens is 3. The first-order valence-corrected chi connectivity index (χ1v) is 7.23. The van der Waals surface area contributed by atoms with Gasteiger partial charge in [-0.15, -0.1) is 11.3 Å². The standard InChI is InChI=1S/C12H15N3S2/c1-8(7-10-3-2-6-17-10)15-11(9-4-5-9)13-14-12(15)16/h2-3,6,8-9H,4-5,7H2,1H3,(H,14,16). The summed E-state index contributed by atoms with van der Waals surface area (Å²) in [5.74, 6) is 1.78. The van der Waals surface area contributed by atoms with E-state index in [4.69, 9.17) is 12.2 Å². The Hall–Kier alpha value is -0.940. The number of nitrogens with zero attached hydrogens (tertiary/aromatic N) is 2. The van der Waals surface area contributed by atoms with Gasteiger partial charge >= 0.3 is 0 Å². The van der Waals surface area contributed by atoms with E-state index in [2.05, 4.69) is 39.2 Å².